The number of aromatic carboxylic acids is 1. The predicted octanol–water partition coefficient (Wildman–Crippen LogP) is 3.24. The Morgan fingerprint density at radius 3 is 2.07 bits per heavy atom. The second-order valence-electron chi connectivity index (χ2n) is 7.00. The minimum absolute atomic E-state index is 0. The van der Waals surface area contributed by atoms with Gasteiger partial charge in [0.1, 0.15) is 0 Å². The normalized spacial score (nSPS) is 13.6. The summed E-state index contributed by atoms with van der Waals surface area (Å²) in [7, 11) is 0. The van der Waals surface area contributed by atoms with Crippen molar-refractivity contribution in [3.05, 3.63) is 35.4 Å². The number of benzene rings is 1. The van der Waals surface area contributed by atoms with Gasteiger partial charge in [-0.2, -0.15) is 0 Å². The number of carbonyl (C=O) groups excluding carboxylic acids is 2. The van der Waals surface area contributed by atoms with Crippen molar-refractivity contribution in [3.63, 3.8) is 0 Å². The van der Waals surface area contributed by atoms with Crippen molar-refractivity contribution in [2.75, 3.05) is 6.61 Å². The third-order valence-electron chi connectivity index (χ3n) is 4.65. The summed E-state index contributed by atoms with van der Waals surface area (Å²) in [5.74, 6) is -1.96. The molecular formula is C22H32O5Zn. The Labute approximate surface area is 181 Å². The Hall–Kier alpha value is -1.26. The van der Waals surface area contributed by atoms with Crippen LogP contribution in [0.4, 0.5) is 0 Å². The summed E-state index contributed by atoms with van der Waals surface area (Å²) in [6.07, 6.45) is 11.9. The average molecular weight is 442 g/mol. The molecule has 0 bridgehead atoms. The second kappa shape index (κ2) is 16.7. The van der Waals surface area contributed by atoms with E-state index in [9.17, 15) is 19.8 Å². The predicted molar refractivity (Wildman–Crippen MR) is 101 cm³/mol. The molecule has 0 saturated heterocycles. The van der Waals surface area contributed by atoms with Crippen molar-refractivity contribution >= 4 is 11.9 Å². The molecule has 0 aliphatic heterocycles. The Morgan fingerprint density at radius 2 is 1.54 bits per heavy atom. The van der Waals surface area contributed by atoms with Gasteiger partial charge in [0.05, 0.1) is 18.1 Å². The number of carboxylic acid groups (broad SMARTS) is 1. The van der Waals surface area contributed by atoms with E-state index in [1.165, 1.54) is 50.7 Å². The summed E-state index contributed by atoms with van der Waals surface area (Å²) in [5.41, 5.74) is -0.0704. The Balaban J connectivity index is 0.000000765. The van der Waals surface area contributed by atoms with Gasteiger partial charge < -0.3 is 19.7 Å². The minimum atomic E-state index is -1.36. The molecule has 1 aliphatic rings. The van der Waals surface area contributed by atoms with E-state index < -0.39 is 11.9 Å². The quantitative estimate of drug-likeness (QED) is 0.333. The van der Waals surface area contributed by atoms with Crippen LogP contribution in [-0.4, -0.2) is 24.6 Å². The van der Waals surface area contributed by atoms with E-state index in [1.54, 1.807) is 12.1 Å². The summed E-state index contributed by atoms with van der Waals surface area (Å²) in [4.78, 5) is 22.7. The number of hydrogen-bond acceptors (Lipinski definition) is 5. The van der Waals surface area contributed by atoms with Gasteiger partial charge in [0.2, 0.25) is 0 Å². The molecule has 0 aromatic heterocycles. The van der Waals surface area contributed by atoms with Crippen LogP contribution >= 0.6 is 0 Å². The van der Waals surface area contributed by atoms with Gasteiger partial charge in [0.25, 0.3) is 0 Å². The zero-order chi connectivity index (χ0) is 19.9. The molecule has 28 heavy (non-hydrogen) atoms. The molecule has 152 valence electrons. The first-order valence-corrected chi connectivity index (χ1v) is 10.2. The topological polar surface area (TPSA) is 89.5 Å². The molecule has 0 unspecified atom stereocenters. The molecule has 1 aliphatic carbocycles. The van der Waals surface area contributed by atoms with Gasteiger partial charge in [-0.3, -0.25) is 0 Å². The third kappa shape index (κ3) is 11.6. The Bertz CT molecular complexity index is 556. The molecule has 1 aromatic carbocycles. The summed E-state index contributed by atoms with van der Waals surface area (Å²) < 4.78 is 5.10. The van der Waals surface area contributed by atoms with Gasteiger partial charge in [-0.25, -0.2) is 4.79 Å². The molecule has 1 fully saturated rings. The number of carbonyl (C=O) groups is 2. The van der Waals surface area contributed by atoms with Crippen molar-refractivity contribution < 1.29 is 44.0 Å². The molecule has 1 aromatic rings. The first-order valence-electron chi connectivity index (χ1n) is 10.2. The number of hydrogen-bond donors (Lipinski definition) is 0. The van der Waals surface area contributed by atoms with E-state index >= 15 is 0 Å². The first kappa shape index (κ1) is 26.7. The molecule has 1 saturated carbocycles. The van der Waals surface area contributed by atoms with Gasteiger partial charge in [0.15, 0.2) is 0 Å². The van der Waals surface area contributed by atoms with Crippen LogP contribution in [0.25, 0.3) is 0 Å². The van der Waals surface area contributed by atoms with Crippen LogP contribution in [0.1, 0.15) is 98.3 Å². The van der Waals surface area contributed by atoms with Crippen LogP contribution in [0, 0.1) is 0 Å². The average Bonchev–Trinajstić information content (AvgIpc) is 2.68. The molecule has 0 radical (unpaired) electrons. The first-order chi connectivity index (χ1) is 13.1. The standard InChI is InChI=1S/C16H22O4.C6H11O.Zn/c1-2-3-4-5-6-9-12-20-16(19)14-11-8-7-10-13(14)15(17)18;7-6-4-2-1-3-5-6;/h7-8,10-11H,2-6,9,12H2,1H3,(H,17,18);6H,1-5H2;/q;-1;+2/p-1. The van der Waals surface area contributed by atoms with E-state index in [1.807, 2.05) is 0 Å². The molecule has 0 atom stereocenters. The summed E-state index contributed by atoms with van der Waals surface area (Å²) >= 11 is 0. The number of rotatable bonds is 9. The van der Waals surface area contributed by atoms with Crippen molar-refractivity contribution in [2.45, 2.75) is 83.7 Å². The number of esters is 1. The molecule has 0 heterocycles. The fourth-order valence-corrected chi connectivity index (χ4v) is 3.03. The van der Waals surface area contributed by atoms with Gasteiger partial charge in [-0.15, -0.1) is 6.10 Å². The Kier molecular flexibility index (Phi) is 15.9. The van der Waals surface area contributed by atoms with Crippen LogP contribution in [0.3, 0.4) is 0 Å². The van der Waals surface area contributed by atoms with Crippen LogP contribution in [0.15, 0.2) is 24.3 Å². The van der Waals surface area contributed by atoms with Crippen LogP contribution in [0.5, 0.6) is 0 Å². The fraction of sp³-hybridized carbons (Fsp3) is 0.636. The SMILES string of the molecule is CCCCCCCCOC(=O)c1ccccc1C(=O)[O-].[O-]C1CCCCC1.[Zn+2]. The number of ether oxygens (including phenoxy) is 1. The smallest absolute Gasteiger partial charge is 0.852 e. The summed E-state index contributed by atoms with van der Waals surface area (Å²) in [5, 5.41) is 21.4. The maximum atomic E-state index is 11.8. The summed E-state index contributed by atoms with van der Waals surface area (Å²) in [6, 6.07) is 5.94. The van der Waals surface area contributed by atoms with E-state index in [4.69, 9.17) is 4.74 Å². The summed E-state index contributed by atoms with van der Waals surface area (Å²) in [6.45, 7) is 2.49. The Morgan fingerprint density at radius 1 is 0.964 bits per heavy atom. The minimum Gasteiger partial charge on any atom is -0.852 e. The monoisotopic (exact) mass is 440 g/mol. The molecular weight excluding hydrogens is 410 g/mol. The van der Waals surface area contributed by atoms with Crippen LogP contribution < -0.4 is 10.2 Å². The van der Waals surface area contributed by atoms with Crippen molar-refractivity contribution in [2.24, 2.45) is 0 Å². The van der Waals surface area contributed by atoms with Crippen LogP contribution in [0.2, 0.25) is 0 Å². The molecule has 0 amide bonds. The van der Waals surface area contributed by atoms with Crippen molar-refractivity contribution in [3.8, 4) is 0 Å². The molecule has 0 N–H and O–H groups in total. The van der Waals surface area contributed by atoms with E-state index in [-0.39, 0.29) is 36.7 Å². The number of unbranched alkanes of at least 4 members (excludes halogenated alkanes) is 5. The number of carboxylic acids is 1. The van der Waals surface area contributed by atoms with Crippen molar-refractivity contribution in [1.82, 2.24) is 0 Å². The van der Waals surface area contributed by atoms with Crippen LogP contribution in [-0.2, 0) is 24.2 Å². The second-order valence-corrected chi connectivity index (χ2v) is 7.00. The van der Waals surface area contributed by atoms with E-state index in [0.29, 0.717) is 6.61 Å². The zero-order valence-electron chi connectivity index (χ0n) is 17.1. The fourth-order valence-electron chi connectivity index (χ4n) is 3.03. The molecule has 2 rings (SSSR count). The molecule has 5 nitrogen and oxygen atoms in total. The van der Waals surface area contributed by atoms with Gasteiger partial charge in [-0.05, 0) is 12.5 Å². The van der Waals surface area contributed by atoms with Gasteiger partial charge >= 0.3 is 25.4 Å². The maximum absolute atomic E-state index is 11.8. The van der Waals surface area contributed by atoms with Crippen molar-refractivity contribution in [1.29, 1.82) is 0 Å². The third-order valence-corrected chi connectivity index (χ3v) is 4.65. The largest absolute Gasteiger partial charge is 2.00 e. The van der Waals surface area contributed by atoms with Gasteiger partial charge in [-0.1, -0.05) is 89.3 Å². The van der Waals surface area contributed by atoms with E-state index in [2.05, 4.69) is 6.92 Å². The van der Waals surface area contributed by atoms with E-state index in [0.717, 1.165) is 32.1 Å². The molecule has 6 heteroatoms. The van der Waals surface area contributed by atoms with Gasteiger partial charge in [0, 0.05) is 5.56 Å². The maximum Gasteiger partial charge on any atom is 2.00 e. The molecule has 0 spiro atoms. The zero-order valence-corrected chi connectivity index (χ0v) is 20.1.